The smallest absolute Gasteiger partial charge is 0.189 e. The zero-order chi connectivity index (χ0) is 38.1. The summed E-state index contributed by atoms with van der Waals surface area (Å²) in [4.78, 5) is 14.1. The lowest BCUT2D eigenvalue weighted by atomic mass is 9.47. The summed E-state index contributed by atoms with van der Waals surface area (Å²) in [6.07, 6.45) is -2.17. The van der Waals surface area contributed by atoms with Gasteiger partial charge in [0.2, 0.25) is 0 Å². The van der Waals surface area contributed by atoms with Crippen LogP contribution in [0.2, 0.25) is 0 Å². The zero-order valence-corrected chi connectivity index (χ0v) is 32.2. The SMILES string of the molecule is COC1C(O)C(C)OC(OC2OC(C(C)C3CCC4C5=CC(=O)C6CC(OC7OC(CO)C(O)C(O)C7O)CCC6(C)C5CCC43C)CCC2C)C1O. The molecule has 302 valence electrons. The van der Waals surface area contributed by atoms with Gasteiger partial charge >= 0.3 is 0 Å². The maximum Gasteiger partial charge on any atom is 0.189 e. The fraction of sp³-hybridized carbons (Fsp3) is 0.925. The van der Waals surface area contributed by atoms with E-state index in [-0.39, 0.29) is 46.6 Å². The molecule has 6 N–H and O–H groups in total. The van der Waals surface area contributed by atoms with E-state index in [9.17, 15) is 35.4 Å². The highest BCUT2D eigenvalue weighted by Gasteiger charge is 2.61. The number of ketones is 1. The van der Waals surface area contributed by atoms with Gasteiger partial charge in [-0.3, -0.25) is 4.79 Å². The topological polar surface area (TPSA) is 194 Å². The number of carbonyl (C=O) groups excluding carboxylic acids is 1. The number of fused-ring (bicyclic) bond motifs is 5. The Balaban J connectivity index is 1.01. The van der Waals surface area contributed by atoms with Crippen molar-refractivity contribution in [3.63, 3.8) is 0 Å². The van der Waals surface area contributed by atoms with E-state index in [1.165, 1.54) is 12.7 Å². The van der Waals surface area contributed by atoms with E-state index in [1.54, 1.807) is 6.92 Å². The molecule has 0 amide bonds. The first-order valence-electron chi connectivity index (χ1n) is 20.2. The third kappa shape index (κ3) is 6.90. The van der Waals surface area contributed by atoms with Gasteiger partial charge in [-0.15, -0.1) is 0 Å². The summed E-state index contributed by atoms with van der Waals surface area (Å²) in [5, 5.41) is 62.0. The van der Waals surface area contributed by atoms with Gasteiger partial charge in [-0.2, -0.15) is 0 Å². The van der Waals surface area contributed by atoms with Crippen LogP contribution < -0.4 is 0 Å². The minimum absolute atomic E-state index is 0.0252. The van der Waals surface area contributed by atoms with E-state index in [0.717, 1.165) is 44.9 Å². The summed E-state index contributed by atoms with van der Waals surface area (Å²) in [6.45, 7) is 10.3. The van der Waals surface area contributed by atoms with Crippen LogP contribution in [0, 0.1) is 46.3 Å². The number of carbonyl (C=O) groups is 1. The van der Waals surface area contributed by atoms with Gasteiger partial charge in [-0.1, -0.05) is 33.3 Å². The molecule has 0 aromatic carbocycles. The molecule has 7 aliphatic rings. The molecule has 7 rings (SSSR count). The highest BCUT2D eigenvalue weighted by atomic mass is 16.8. The fourth-order valence-corrected chi connectivity index (χ4v) is 12.0. The predicted octanol–water partition coefficient (Wildman–Crippen LogP) is 2.21. The van der Waals surface area contributed by atoms with E-state index in [2.05, 4.69) is 27.7 Å². The average molecular weight is 753 g/mol. The highest BCUT2D eigenvalue weighted by molar-refractivity contribution is 5.94. The van der Waals surface area contributed by atoms with Crippen LogP contribution in [0.3, 0.4) is 0 Å². The third-order valence-electron chi connectivity index (χ3n) is 15.3. The maximum absolute atomic E-state index is 14.1. The van der Waals surface area contributed by atoms with Crippen molar-refractivity contribution in [2.75, 3.05) is 13.7 Å². The molecule has 0 spiro atoms. The molecule has 3 heterocycles. The summed E-state index contributed by atoms with van der Waals surface area (Å²) >= 11 is 0. The first-order chi connectivity index (χ1) is 25.1. The lowest BCUT2D eigenvalue weighted by Crippen LogP contribution is -2.60. The summed E-state index contributed by atoms with van der Waals surface area (Å²) in [5.74, 6) is 1.28. The van der Waals surface area contributed by atoms with Crippen LogP contribution in [0.25, 0.3) is 0 Å². The second kappa shape index (κ2) is 15.4. The molecule has 13 nitrogen and oxygen atoms in total. The predicted molar refractivity (Wildman–Crippen MR) is 189 cm³/mol. The Labute approximate surface area is 313 Å². The minimum atomic E-state index is -1.51. The molecular formula is C40H64O13. The monoisotopic (exact) mass is 752 g/mol. The van der Waals surface area contributed by atoms with Crippen molar-refractivity contribution < 1.29 is 63.9 Å². The lowest BCUT2D eigenvalue weighted by Gasteiger charge is -2.57. The van der Waals surface area contributed by atoms with Gasteiger partial charge in [0.1, 0.15) is 42.7 Å². The molecule has 3 aliphatic heterocycles. The Kier molecular flexibility index (Phi) is 11.6. The summed E-state index contributed by atoms with van der Waals surface area (Å²) in [6, 6.07) is 0. The second-order valence-electron chi connectivity index (χ2n) is 18.2. The van der Waals surface area contributed by atoms with Crippen LogP contribution in [-0.2, 0) is 33.2 Å². The van der Waals surface area contributed by atoms with Gasteiger partial charge in [0.05, 0.1) is 24.9 Å². The molecule has 21 unspecified atom stereocenters. The minimum Gasteiger partial charge on any atom is -0.394 e. The number of allylic oxidation sites excluding steroid dienone is 2. The molecule has 21 atom stereocenters. The van der Waals surface area contributed by atoms with Crippen LogP contribution in [-0.4, -0.2) is 130 Å². The van der Waals surface area contributed by atoms with Gasteiger partial charge in [0, 0.05) is 18.9 Å². The standard InChI is InChI=1S/C40H64O13/c1-18-7-10-28(51-36(18)53-38-34(47)35(48-6)30(43)20(3)49-38)19(2)23-8-9-24-22-16-27(42)26-15-21(11-13-40(26,5)25(22)12-14-39(23,24)4)50-37-33(46)32(45)31(44)29(17-41)52-37/h16,18-21,23-26,28-38,41,43-47H,7-15,17H2,1-6H3. The molecule has 0 aromatic rings. The Morgan fingerprint density at radius 1 is 0.774 bits per heavy atom. The number of hydrogen-bond acceptors (Lipinski definition) is 13. The molecule has 4 aliphatic carbocycles. The lowest BCUT2D eigenvalue weighted by molar-refractivity contribution is -0.354. The van der Waals surface area contributed by atoms with Gasteiger partial charge in [-0.05, 0) is 105 Å². The van der Waals surface area contributed by atoms with Crippen LogP contribution in [0.5, 0.6) is 0 Å². The second-order valence-corrected chi connectivity index (χ2v) is 18.2. The molecule has 53 heavy (non-hydrogen) atoms. The van der Waals surface area contributed by atoms with E-state index >= 15 is 0 Å². The number of aliphatic hydroxyl groups excluding tert-OH is 6. The number of hydrogen-bond donors (Lipinski definition) is 6. The molecule has 6 fully saturated rings. The van der Waals surface area contributed by atoms with Crippen LogP contribution >= 0.6 is 0 Å². The van der Waals surface area contributed by atoms with Crippen molar-refractivity contribution in [3.8, 4) is 0 Å². The Morgan fingerprint density at radius 2 is 1.47 bits per heavy atom. The van der Waals surface area contributed by atoms with Crippen molar-refractivity contribution in [3.05, 3.63) is 11.6 Å². The Morgan fingerprint density at radius 3 is 2.19 bits per heavy atom. The van der Waals surface area contributed by atoms with Crippen molar-refractivity contribution >= 4 is 5.78 Å². The van der Waals surface area contributed by atoms with Crippen LogP contribution in [0.4, 0.5) is 0 Å². The fourth-order valence-electron chi connectivity index (χ4n) is 12.0. The maximum atomic E-state index is 14.1. The van der Waals surface area contributed by atoms with Crippen molar-refractivity contribution in [1.82, 2.24) is 0 Å². The van der Waals surface area contributed by atoms with Crippen molar-refractivity contribution in [2.45, 2.75) is 172 Å². The van der Waals surface area contributed by atoms with Gasteiger partial charge in [-0.25, -0.2) is 0 Å². The van der Waals surface area contributed by atoms with Crippen molar-refractivity contribution in [2.24, 2.45) is 46.3 Å². The number of rotatable bonds is 8. The molecule has 0 aromatic heterocycles. The van der Waals surface area contributed by atoms with E-state index in [1.807, 2.05) is 6.08 Å². The molecule has 13 heteroatoms. The molecule has 0 radical (unpaired) electrons. The van der Waals surface area contributed by atoms with E-state index in [4.69, 9.17) is 28.4 Å². The molecule has 3 saturated carbocycles. The van der Waals surface area contributed by atoms with E-state index in [0.29, 0.717) is 30.6 Å². The normalized spacial score (nSPS) is 53.7. The summed E-state index contributed by atoms with van der Waals surface area (Å²) in [7, 11) is 1.46. The first kappa shape index (κ1) is 40.1. The largest absolute Gasteiger partial charge is 0.394 e. The summed E-state index contributed by atoms with van der Waals surface area (Å²) in [5.41, 5.74) is 1.13. The zero-order valence-electron chi connectivity index (χ0n) is 32.2. The van der Waals surface area contributed by atoms with E-state index < -0.39 is 74.3 Å². The summed E-state index contributed by atoms with van der Waals surface area (Å²) < 4.78 is 36.1. The number of ether oxygens (including phenoxy) is 6. The number of aliphatic hydroxyl groups is 6. The van der Waals surface area contributed by atoms with Gasteiger partial charge < -0.3 is 59.1 Å². The van der Waals surface area contributed by atoms with Gasteiger partial charge in [0.15, 0.2) is 24.7 Å². The third-order valence-corrected chi connectivity index (χ3v) is 15.3. The number of methoxy groups -OCH3 is 1. The first-order valence-corrected chi connectivity index (χ1v) is 20.2. The Hall–Kier alpha value is -1.07. The Bertz CT molecular complexity index is 1340. The molecular weight excluding hydrogens is 688 g/mol. The van der Waals surface area contributed by atoms with Gasteiger partial charge in [0.25, 0.3) is 0 Å². The molecule has 0 bridgehead atoms. The van der Waals surface area contributed by atoms with Crippen molar-refractivity contribution in [1.29, 1.82) is 0 Å². The van der Waals surface area contributed by atoms with Crippen LogP contribution in [0.15, 0.2) is 11.6 Å². The van der Waals surface area contributed by atoms with Crippen LogP contribution in [0.1, 0.15) is 92.4 Å². The quantitative estimate of drug-likeness (QED) is 0.212. The highest BCUT2D eigenvalue weighted by Crippen LogP contribution is 2.67. The molecule has 3 saturated heterocycles. The average Bonchev–Trinajstić information content (AvgIpc) is 3.49.